The van der Waals surface area contributed by atoms with E-state index in [9.17, 15) is 9.59 Å². The van der Waals surface area contributed by atoms with Gasteiger partial charge in [0.2, 0.25) is 5.91 Å². The Balaban J connectivity index is 2.34. The molecule has 0 spiro atoms. The maximum Gasteiger partial charge on any atom is 0.224 e. The van der Waals surface area contributed by atoms with Crippen LogP contribution in [0, 0.1) is 0 Å². The lowest BCUT2D eigenvalue weighted by Gasteiger charge is -2.20. The van der Waals surface area contributed by atoms with Gasteiger partial charge in [-0.25, -0.2) is 0 Å². The molecule has 0 bridgehead atoms. The molecule has 0 aromatic heterocycles. The molecule has 0 saturated carbocycles. The highest BCUT2D eigenvalue weighted by atomic mass is 16.5. The van der Waals surface area contributed by atoms with E-state index in [1.807, 2.05) is 0 Å². The van der Waals surface area contributed by atoms with Gasteiger partial charge < -0.3 is 24.3 Å². The van der Waals surface area contributed by atoms with Gasteiger partial charge in [0.25, 0.3) is 0 Å². The molecule has 150 valence electrons. The molecule has 1 N–H and O–H groups in total. The number of benzene rings is 1. The molecule has 1 aliphatic rings. The predicted octanol–water partition coefficient (Wildman–Crippen LogP) is 3.59. The molecule has 7 nitrogen and oxygen atoms in total. The van der Waals surface area contributed by atoms with Crippen LogP contribution < -0.4 is 10.1 Å². The molecule has 0 unspecified atom stereocenters. The van der Waals surface area contributed by atoms with Crippen LogP contribution in [0.2, 0.25) is 0 Å². The molecule has 0 fully saturated rings. The Morgan fingerprint density at radius 3 is 2.39 bits per heavy atom. The quantitative estimate of drug-likeness (QED) is 0.542. The summed E-state index contributed by atoms with van der Waals surface area (Å²) >= 11 is 0. The van der Waals surface area contributed by atoms with Gasteiger partial charge in [0, 0.05) is 18.4 Å². The fraction of sp³-hybridized carbons (Fsp3) is 0.333. The molecule has 0 heterocycles. The summed E-state index contributed by atoms with van der Waals surface area (Å²) in [5.74, 6) is 1.67. The van der Waals surface area contributed by atoms with Crippen molar-refractivity contribution in [2.24, 2.45) is 0 Å². The van der Waals surface area contributed by atoms with Crippen molar-refractivity contribution in [3.05, 3.63) is 58.8 Å². The van der Waals surface area contributed by atoms with Crippen LogP contribution in [-0.4, -0.2) is 40.1 Å². The second-order valence-electron chi connectivity index (χ2n) is 5.95. The molecule has 1 aromatic rings. The van der Waals surface area contributed by atoms with Crippen molar-refractivity contribution in [3.63, 3.8) is 0 Å². The molecule has 0 radical (unpaired) electrons. The van der Waals surface area contributed by atoms with Crippen LogP contribution in [0.15, 0.2) is 53.2 Å². The van der Waals surface area contributed by atoms with Gasteiger partial charge >= 0.3 is 0 Å². The van der Waals surface area contributed by atoms with Crippen molar-refractivity contribution < 1.29 is 28.5 Å². The van der Waals surface area contributed by atoms with Gasteiger partial charge in [-0.05, 0) is 35.9 Å². The Morgan fingerprint density at radius 1 is 1.07 bits per heavy atom. The third-order valence-electron chi connectivity index (χ3n) is 4.22. The fourth-order valence-electron chi connectivity index (χ4n) is 2.76. The molecular weight excluding hydrogens is 362 g/mol. The van der Waals surface area contributed by atoms with E-state index < -0.39 is 0 Å². The SMILES string of the molecule is CCC(=O)Nc1cc(C(=O)C=C2C=C(OC)C(OC)=C(OC)C2)ccc1OC. The molecule has 0 atom stereocenters. The van der Waals surface area contributed by atoms with Gasteiger partial charge in [-0.3, -0.25) is 9.59 Å². The third kappa shape index (κ3) is 4.73. The molecule has 28 heavy (non-hydrogen) atoms. The predicted molar refractivity (Wildman–Crippen MR) is 105 cm³/mol. The second-order valence-corrected chi connectivity index (χ2v) is 5.95. The zero-order valence-corrected chi connectivity index (χ0v) is 16.8. The lowest BCUT2D eigenvalue weighted by Crippen LogP contribution is -2.11. The molecule has 1 aliphatic carbocycles. The third-order valence-corrected chi connectivity index (χ3v) is 4.22. The molecule has 2 rings (SSSR count). The zero-order chi connectivity index (χ0) is 20.7. The minimum Gasteiger partial charge on any atom is -0.497 e. The van der Waals surface area contributed by atoms with E-state index in [0.29, 0.717) is 47.1 Å². The van der Waals surface area contributed by atoms with Crippen molar-refractivity contribution in [1.29, 1.82) is 0 Å². The average molecular weight is 387 g/mol. The smallest absolute Gasteiger partial charge is 0.224 e. The summed E-state index contributed by atoms with van der Waals surface area (Å²) < 4.78 is 21.3. The number of amides is 1. The normalized spacial score (nSPS) is 15.0. The Labute approximate surface area is 164 Å². The first-order chi connectivity index (χ1) is 13.5. The molecular formula is C21H25NO6. The van der Waals surface area contributed by atoms with Gasteiger partial charge in [-0.1, -0.05) is 6.92 Å². The topological polar surface area (TPSA) is 83.1 Å². The van der Waals surface area contributed by atoms with E-state index in [0.717, 1.165) is 5.57 Å². The lowest BCUT2D eigenvalue weighted by atomic mass is 9.99. The van der Waals surface area contributed by atoms with E-state index in [4.69, 9.17) is 18.9 Å². The van der Waals surface area contributed by atoms with Crippen LogP contribution in [0.4, 0.5) is 5.69 Å². The summed E-state index contributed by atoms with van der Waals surface area (Å²) in [6.07, 6.45) is 3.97. The number of nitrogens with one attached hydrogen (secondary N) is 1. The molecule has 0 aliphatic heterocycles. The second kappa shape index (κ2) is 9.64. The van der Waals surface area contributed by atoms with Crippen LogP contribution in [-0.2, 0) is 19.0 Å². The van der Waals surface area contributed by atoms with Crippen LogP contribution in [0.3, 0.4) is 0 Å². The number of carbonyl (C=O) groups excluding carboxylic acids is 2. The van der Waals surface area contributed by atoms with Gasteiger partial charge in [-0.15, -0.1) is 0 Å². The van der Waals surface area contributed by atoms with E-state index >= 15 is 0 Å². The fourth-order valence-corrected chi connectivity index (χ4v) is 2.76. The van der Waals surface area contributed by atoms with Crippen LogP contribution in [0.25, 0.3) is 0 Å². The summed E-state index contributed by atoms with van der Waals surface area (Å²) in [5.41, 5.74) is 1.59. The van der Waals surface area contributed by atoms with Crippen LogP contribution in [0.5, 0.6) is 5.75 Å². The Hall–Kier alpha value is -3.22. The number of hydrogen-bond acceptors (Lipinski definition) is 6. The Bertz CT molecular complexity index is 850. The summed E-state index contributed by atoms with van der Waals surface area (Å²) in [6.45, 7) is 1.75. The highest BCUT2D eigenvalue weighted by molar-refractivity contribution is 6.06. The first-order valence-corrected chi connectivity index (χ1v) is 8.77. The van der Waals surface area contributed by atoms with Gasteiger partial charge in [0.15, 0.2) is 17.3 Å². The number of hydrogen-bond donors (Lipinski definition) is 1. The maximum atomic E-state index is 12.8. The van der Waals surface area contributed by atoms with Crippen molar-refractivity contribution in [2.75, 3.05) is 33.8 Å². The Kier molecular flexibility index (Phi) is 7.26. The minimum atomic E-state index is -0.215. The first-order valence-electron chi connectivity index (χ1n) is 8.77. The van der Waals surface area contributed by atoms with Gasteiger partial charge in [0.05, 0.1) is 34.1 Å². The number of methoxy groups -OCH3 is 4. The molecule has 1 aromatic carbocycles. The number of allylic oxidation sites excluding steroid dienone is 3. The number of anilines is 1. The highest BCUT2D eigenvalue weighted by Gasteiger charge is 2.22. The average Bonchev–Trinajstić information content (AvgIpc) is 2.72. The van der Waals surface area contributed by atoms with Crippen LogP contribution >= 0.6 is 0 Å². The first kappa shape index (κ1) is 21.1. The highest BCUT2D eigenvalue weighted by Crippen LogP contribution is 2.31. The number of ether oxygens (including phenoxy) is 4. The van der Waals surface area contributed by atoms with Crippen molar-refractivity contribution >= 4 is 17.4 Å². The number of carbonyl (C=O) groups is 2. The van der Waals surface area contributed by atoms with Crippen molar-refractivity contribution in [1.82, 2.24) is 0 Å². The summed E-state index contributed by atoms with van der Waals surface area (Å²) in [5, 5.41) is 2.74. The zero-order valence-electron chi connectivity index (χ0n) is 16.8. The monoisotopic (exact) mass is 387 g/mol. The summed E-state index contributed by atoms with van der Waals surface area (Å²) in [6, 6.07) is 4.90. The number of rotatable bonds is 8. The van der Waals surface area contributed by atoms with E-state index in [-0.39, 0.29) is 11.7 Å². The summed E-state index contributed by atoms with van der Waals surface area (Å²) in [4.78, 5) is 24.5. The van der Waals surface area contributed by atoms with Gasteiger partial charge in [-0.2, -0.15) is 0 Å². The molecule has 7 heteroatoms. The molecule has 1 amide bonds. The van der Waals surface area contributed by atoms with Gasteiger partial charge in [0.1, 0.15) is 11.5 Å². The Morgan fingerprint density at radius 2 is 1.82 bits per heavy atom. The molecule has 0 saturated heterocycles. The van der Waals surface area contributed by atoms with Crippen molar-refractivity contribution in [3.8, 4) is 5.75 Å². The summed E-state index contributed by atoms with van der Waals surface area (Å²) in [7, 11) is 6.10. The number of ketones is 1. The van der Waals surface area contributed by atoms with E-state index in [1.165, 1.54) is 27.4 Å². The van der Waals surface area contributed by atoms with Crippen molar-refractivity contribution in [2.45, 2.75) is 19.8 Å². The lowest BCUT2D eigenvalue weighted by molar-refractivity contribution is -0.115. The van der Waals surface area contributed by atoms with Crippen LogP contribution in [0.1, 0.15) is 30.1 Å². The standard InChI is InChI=1S/C21H25NO6/c1-6-20(24)22-15-12-14(7-8-17(15)25-2)16(23)9-13-10-18(26-3)21(28-5)19(11-13)27-4/h7-10,12H,6,11H2,1-5H3,(H,22,24). The van der Waals surface area contributed by atoms with E-state index in [1.54, 1.807) is 38.3 Å². The minimum absolute atomic E-state index is 0.164. The van der Waals surface area contributed by atoms with E-state index in [2.05, 4.69) is 5.32 Å². The largest absolute Gasteiger partial charge is 0.497 e. The maximum absolute atomic E-state index is 12.8.